The minimum atomic E-state index is -1.55. The van der Waals surface area contributed by atoms with E-state index >= 15 is 4.39 Å². The van der Waals surface area contributed by atoms with Gasteiger partial charge in [0.2, 0.25) is 0 Å². The lowest BCUT2D eigenvalue weighted by molar-refractivity contribution is -0.117. The molecule has 1 saturated carbocycles. The van der Waals surface area contributed by atoms with Crippen molar-refractivity contribution < 1.29 is 14.3 Å². The summed E-state index contributed by atoms with van der Waals surface area (Å²) in [5.74, 6) is -0.551. The summed E-state index contributed by atoms with van der Waals surface area (Å²) in [6.45, 7) is 7.11. The summed E-state index contributed by atoms with van der Waals surface area (Å²) >= 11 is 18.9. The van der Waals surface area contributed by atoms with E-state index in [1.54, 1.807) is 37.3 Å². The topological polar surface area (TPSA) is 86.1 Å². The smallest absolute Gasteiger partial charge is 0.251 e. The highest BCUT2D eigenvalue weighted by Gasteiger charge is 2.29. The number of nitrogens with one attached hydrogen (secondary N) is 2. The summed E-state index contributed by atoms with van der Waals surface area (Å²) in [5.41, 5.74) is 0.910. The fraction of sp³-hybridized carbons (Fsp3) is 0.286. The number of hydrogen-bond donors (Lipinski definition) is 3. The van der Waals surface area contributed by atoms with Crippen molar-refractivity contribution in [1.82, 2.24) is 10.3 Å². The number of hydrogen-bond acceptors (Lipinski definition) is 4. The van der Waals surface area contributed by atoms with Crippen molar-refractivity contribution in [3.05, 3.63) is 122 Å². The van der Waals surface area contributed by atoms with E-state index in [0.29, 0.717) is 16.8 Å². The number of nitrogens with zero attached hydrogens (tertiary/aromatic N) is 1. The Morgan fingerprint density at radius 2 is 1.80 bits per heavy atom. The largest absolute Gasteiger partial charge is 0.386 e. The fourth-order valence-electron chi connectivity index (χ4n) is 4.57. The van der Waals surface area contributed by atoms with Gasteiger partial charge in [0.1, 0.15) is 5.69 Å². The predicted molar refractivity (Wildman–Crippen MR) is 178 cm³/mol. The van der Waals surface area contributed by atoms with Gasteiger partial charge in [-0.1, -0.05) is 103 Å². The molecule has 230 valence electrons. The number of allylic oxidation sites excluding steroid dienone is 4. The van der Waals surface area contributed by atoms with Crippen LogP contribution in [0.25, 0.3) is 11.3 Å². The third kappa shape index (κ3) is 8.05. The molecule has 2 aliphatic carbocycles. The molecule has 0 radical (unpaired) electrons. The number of amides is 1. The Morgan fingerprint density at radius 1 is 1.14 bits per heavy atom. The second-order valence-corrected chi connectivity index (χ2v) is 12.7. The standard InChI is InChI=1S/C31H27Cl3FN3O2.C4H8/c1-4-17-13-19(14-24(33)28(17)36)30(39)37-16-21(18-9-6-5-7-10-18)25-15-22(31(2,3)40)27(35)29(38-25)20-11-8-12-23(32)26(20)34;1-4-2-3-4/h4-15,21,36,40H,16H2,1-3H3,(H,37,39);4H,2-3H2,1H3/b17-4-,36-28?;. The summed E-state index contributed by atoms with van der Waals surface area (Å²) in [4.78, 5) is 17.9. The molecule has 1 fully saturated rings. The van der Waals surface area contributed by atoms with E-state index < -0.39 is 23.2 Å². The quantitative estimate of drug-likeness (QED) is 0.238. The number of rotatable bonds is 7. The monoisotopic (exact) mass is 653 g/mol. The molecule has 5 rings (SSSR count). The molecule has 3 N–H and O–H groups in total. The summed E-state index contributed by atoms with van der Waals surface area (Å²) in [5, 5.41) is 22.4. The van der Waals surface area contributed by atoms with Gasteiger partial charge in [0.25, 0.3) is 5.91 Å². The Labute approximate surface area is 273 Å². The van der Waals surface area contributed by atoms with Gasteiger partial charge in [0.15, 0.2) is 5.82 Å². The van der Waals surface area contributed by atoms with E-state index in [2.05, 4.69) is 17.2 Å². The van der Waals surface area contributed by atoms with Crippen LogP contribution in [0.3, 0.4) is 0 Å². The molecule has 1 unspecified atom stereocenters. The first-order valence-electron chi connectivity index (χ1n) is 14.4. The molecule has 3 aromatic rings. The van der Waals surface area contributed by atoms with E-state index in [9.17, 15) is 9.90 Å². The van der Waals surface area contributed by atoms with Crippen molar-refractivity contribution in [3.63, 3.8) is 0 Å². The number of aliphatic hydroxyl groups is 1. The third-order valence-corrected chi connectivity index (χ3v) is 8.55. The maximum Gasteiger partial charge on any atom is 0.251 e. The predicted octanol–water partition coefficient (Wildman–Crippen LogP) is 9.12. The molecule has 0 spiro atoms. The molecule has 0 aliphatic heterocycles. The Bertz CT molecular complexity index is 1660. The van der Waals surface area contributed by atoms with Crippen LogP contribution >= 0.6 is 34.8 Å². The third-order valence-electron chi connectivity index (χ3n) is 7.43. The minimum absolute atomic E-state index is 0.0248. The molecule has 0 bridgehead atoms. The zero-order valence-corrected chi connectivity index (χ0v) is 27.3. The number of halogens is 4. The summed E-state index contributed by atoms with van der Waals surface area (Å²) < 4.78 is 15.9. The van der Waals surface area contributed by atoms with Crippen molar-refractivity contribution >= 4 is 46.4 Å². The summed E-state index contributed by atoms with van der Waals surface area (Å²) in [6.07, 6.45) is 7.73. The van der Waals surface area contributed by atoms with E-state index in [1.165, 1.54) is 38.8 Å². The minimum Gasteiger partial charge on any atom is -0.386 e. The molecule has 0 saturated heterocycles. The van der Waals surface area contributed by atoms with Gasteiger partial charge in [-0.2, -0.15) is 0 Å². The second-order valence-electron chi connectivity index (χ2n) is 11.5. The highest BCUT2D eigenvalue weighted by Crippen LogP contribution is 2.38. The van der Waals surface area contributed by atoms with Crippen molar-refractivity contribution in [3.8, 4) is 11.3 Å². The van der Waals surface area contributed by atoms with Crippen LogP contribution in [-0.4, -0.2) is 28.3 Å². The molecular weight excluding hydrogens is 620 g/mol. The van der Waals surface area contributed by atoms with Gasteiger partial charge in [-0.25, -0.2) is 9.37 Å². The summed E-state index contributed by atoms with van der Waals surface area (Å²) in [6, 6.07) is 15.7. The van der Waals surface area contributed by atoms with Crippen molar-refractivity contribution in [2.24, 2.45) is 5.92 Å². The first-order valence-corrected chi connectivity index (χ1v) is 15.5. The van der Waals surface area contributed by atoms with Crippen LogP contribution in [0.2, 0.25) is 10.0 Å². The van der Waals surface area contributed by atoms with Gasteiger partial charge in [-0.15, -0.1) is 0 Å². The normalized spacial score (nSPS) is 16.5. The Balaban J connectivity index is 0.00000102. The van der Waals surface area contributed by atoms with Gasteiger partial charge in [-0.05, 0) is 62.1 Å². The lowest BCUT2D eigenvalue weighted by Gasteiger charge is -2.25. The number of carbonyl (C=O) groups is 1. The molecule has 1 amide bonds. The van der Waals surface area contributed by atoms with Crippen molar-refractivity contribution in [1.29, 1.82) is 5.41 Å². The van der Waals surface area contributed by atoms with E-state index in [0.717, 1.165) is 11.5 Å². The maximum absolute atomic E-state index is 15.9. The maximum atomic E-state index is 15.9. The van der Waals surface area contributed by atoms with Crippen molar-refractivity contribution in [2.75, 3.05) is 6.54 Å². The van der Waals surface area contributed by atoms with E-state index in [-0.39, 0.29) is 44.2 Å². The van der Waals surface area contributed by atoms with Crippen molar-refractivity contribution in [2.45, 2.75) is 52.1 Å². The lowest BCUT2D eigenvalue weighted by Crippen LogP contribution is -2.31. The summed E-state index contributed by atoms with van der Waals surface area (Å²) in [7, 11) is 0. The van der Waals surface area contributed by atoms with Crippen LogP contribution in [-0.2, 0) is 10.4 Å². The second kappa shape index (κ2) is 14.2. The first-order chi connectivity index (χ1) is 20.8. The number of pyridine rings is 1. The molecule has 1 atom stereocenters. The van der Waals surface area contributed by atoms with Gasteiger partial charge >= 0.3 is 0 Å². The SMILES string of the molecule is C/C=C1/C=C(C(=O)NCC(c2ccccc2)c2cc(C(C)(C)O)c(F)c(-c3cccc(Cl)c3Cl)n2)C=C(Cl)C1=N.CC1CC1. The van der Waals surface area contributed by atoms with Gasteiger partial charge in [0, 0.05) is 29.2 Å². The van der Waals surface area contributed by atoms with Gasteiger partial charge in [-0.3, -0.25) is 10.2 Å². The Kier molecular flexibility index (Phi) is 10.9. The molecular formula is C35H35Cl3FN3O2. The van der Waals surface area contributed by atoms with Crippen LogP contribution in [0.1, 0.15) is 63.3 Å². The fourth-order valence-corrected chi connectivity index (χ4v) is 5.18. The van der Waals surface area contributed by atoms with Crippen LogP contribution < -0.4 is 5.32 Å². The van der Waals surface area contributed by atoms with Crippen LogP contribution in [0.5, 0.6) is 0 Å². The van der Waals surface area contributed by atoms with Gasteiger partial charge in [0.05, 0.1) is 32.1 Å². The van der Waals surface area contributed by atoms with Crippen LogP contribution in [0.4, 0.5) is 4.39 Å². The highest BCUT2D eigenvalue weighted by molar-refractivity contribution is 6.47. The zero-order chi connectivity index (χ0) is 32.2. The number of carbonyl (C=O) groups excluding carboxylic acids is 1. The molecule has 1 heterocycles. The average Bonchev–Trinajstić information content (AvgIpc) is 3.78. The molecule has 2 aliphatic rings. The molecule has 9 heteroatoms. The molecule has 1 aromatic heterocycles. The zero-order valence-electron chi connectivity index (χ0n) is 25.0. The highest BCUT2D eigenvalue weighted by atomic mass is 35.5. The first kappa shape index (κ1) is 33.6. The van der Waals surface area contributed by atoms with Crippen LogP contribution in [0, 0.1) is 17.1 Å². The van der Waals surface area contributed by atoms with E-state index in [4.69, 9.17) is 40.2 Å². The average molecular weight is 655 g/mol. The molecule has 44 heavy (non-hydrogen) atoms. The molecule has 5 nitrogen and oxygen atoms in total. The van der Waals surface area contributed by atoms with Crippen LogP contribution in [0.15, 0.2) is 89.0 Å². The van der Waals surface area contributed by atoms with Gasteiger partial charge < -0.3 is 10.4 Å². The Hall–Kier alpha value is -3.29. The number of benzene rings is 2. The Morgan fingerprint density at radius 3 is 2.39 bits per heavy atom. The number of aromatic nitrogens is 1. The molecule has 2 aromatic carbocycles. The lowest BCUT2D eigenvalue weighted by atomic mass is 9.89. The van der Waals surface area contributed by atoms with E-state index in [1.807, 2.05) is 30.3 Å².